The molecule has 1 aliphatic heterocycles. The number of esters is 1. The molecule has 0 amide bonds. The first-order valence-electron chi connectivity index (χ1n) is 7.52. The maximum atomic E-state index is 11.8. The van der Waals surface area contributed by atoms with Gasteiger partial charge < -0.3 is 15.0 Å². The topological polar surface area (TPSA) is 53.9 Å². The molecule has 6 heteroatoms. The zero-order valence-electron chi connectivity index (χ0n) is 14.1. The molecular formula is C15H29N3O2S. The van der Waals surface area contributed by atoms with Crippen molar-refractivity contribution in [3.63, 3.8) is 0 Å². The molecule has 1 aliphatic rings. The molecule has 0 spiro atoms. The van der Waals surface area contributed by atoms with Crippen LogP contribution in [0.25, 0.3) is 0 Å². The summed E-state index contributed by atoms with van der Waals surface area (Å²) in [6, 6.07) is 0. The number of hydrogen-bond donors (Lipinski definition) is 1. The second-order valence-electron chi connectivity index (χ2n) is 6.59. The Morgan fingerprint density at radius 1 is 1.48 bits per heavy atom. The van der Waals surface area contributed by atoms with E-state index in [4.69, 9.17) is 4.74 Å². The number of nitrogens with zero attached hydrogens (tertiary/aromatic N) is 2. The van der Waals surface area contributed by atoms with Gasteiger partial charge in [-0.25, -0.2) is 0 Å². The number of thioether (sulfide) groups is 1. The normalized spacial score (nSPS) is 20.6. The first-order chi connectivity index (χ1) is 9.73. The summed E-state index contributed by atoms with van der Waals surface area (Å²) in [6.45, 7) is 12.2. The van der Waals surface area contributed by atoms with Gasteiger partial charge in [-0.05, 0) is 26.7 Å². The average Bonchev–Trinajstić information content (AvgIpc) is 2.37. The Labute approximate surface area is 132 Å². The lowest BCUT2D eigenvalue weighted by Crippen LogP contribution is -2.50. The van der Waals surface area contributed by atoms with Crippen molar-refractivity contribution in [1.29, 1.82) is 0 Å². The van der Waals surface area contributed by atoms with Crippen LogP contribution in [0.2, 0.25) is 0 Å². The summed E-state index contributed by atoms with van der Waals surface area (Å²) < 4.78 is 5.30. The molecule has 1 rings (SSSR count). The Kier molecular flexibility index (Phi) is 6.84. The highest BCUT2D eigenvalue weighted by Gasteiger charge is 2.25. The van der Waals surface area contributed by atoms with Crippen molar-refractivity contribution in [2.75, 3.05) is 32.4 Å². The van der Waals surface area contributed by atoms with E-state index in [9.17, 15) is 4.79 Å². The van der Waals surface area contributed by atoms with Gasteiger partial charge in [0.25, 0.3) is 0 Å². The number of ether oxygens (including phenoxy) is 1. The van der Waals surface area contributed by atoms with Gasteiger partial charge in [-0.1, -0.05) is 13.8 Å². The van der Waals surface area contributed by atoms with E-state index in [0.29, 0.717) is 11.2 Å². The van der Waals surface area contributed by atoms with Crippen LogP contribution in [0.4, 0.5) is 0 Å². The number of hydrogen-bond acceptors (Lipinski definition) is 4. The van der Waals surface area contributed by atoms with Crippen molar-refractivity contribution in [2.24, 2.45) is 10.9 Å². The van der Waals surface area contributed by atoms with Crippen LogP contribution in [-0.2, 0) is 9.53 Å². The summed E-state index contributed by atoms with van der Waals surface area (Å²) in [6.07, 6.45) is 0. The Bertz CT molecular complexity index is 378. The number of carbonyl (C=O) groups excluding carboxylic acids is 1. The molecule has 0 aromatic rings. The first kappa shape index (κ1) is 18.1. The van der Waals surface area contributed by atoms with Gasteiger partial charge in [0.1, 0.15) is 12.1 Å². The first-order valence-corrected chi connectivity index (χ1v) is 8.57. The number of rotatable bonds is 3. The van der Waals surface area contributed by atoms with Gasteiger partial charge in [0.15, 0.2) is 5.96 Å². The van der Waals surface area contributed by atoms with E-state index in [-0.39, 0.29) is 12.5 Å². The van der Waals surface area contributed by atoms with E-state index in [0.717, 1.165) is 24.8 Å². The van der Waals surface area contributed by atoms with E-state index < -0.39 is 5.60 Å². The number of guanidine groups is 1. The van der Waals surface area contributed by atoms with Crippen molar-refractivity contribution in [3.05, 3.63) is 0 Å². The molecule has 1 heterocycles. The average molecular weight is 315 g/mol. The van der Waals surface area contributed by atoms with Crippen molar-refractivity contribution < 1.29 is 9.53 Å². The van der Waals surface area contributed by atoms with Crippen LogP contribution in [0, 0.1) is 5.92 Å². The highest BCUT2D eigenvalue weighted by molar-refractivity contribution is 8.00. The third kappa shape index (κ3) is 6.59. The molecule has 1 saturated heterocycles. The number of carbonyl (C=O) groups is 1. The fraction of sp³-hybridized carbons (Fsp3) is 0.867. The second kappa shape index (κ2) is 7.92. The molecule has 0 aromatic carbocycles. The Morgan fingerprint density at radius 2 is 2.14 bits per heavy atom. The maximum absolute atomic E-state index is 11.8. The molecule has 1 fully saturated rings. The van der Waals surface area contributed by atoms with E-state index in [1.807, 2.05) is 32.5 Å². The summed E-state index contributed by atoms with van der Waals surface area (Å²) in [4.78, 5) is 18.3. The summed E-state index contributed by atoms with van der Waals surface area (Å²) in [7, 11) is 1.75. The van der Waals surface area contributed by atoms with E-state index in [2.05, 4.69) is 29.1 Å². The van der Waals surface area contributed by atoms with E-state index in [1.165, 1.54) is 0 Å². The predicted octanol–water partition coefficient (Wildman–Crippen LogP) is 1.98. The lowest BCUT2D eigenvalue weighted by Gasteiger charge is -2.36. The second-order valence-corrected chi connectivity index (χ2v) is 7.93. The van der Waals surface area contributed by atoms with Crippen molar-refractivity contribution >= 4 is 23.7 Å². The van der Waals surface area contributed by atoms with Crippen LogP contribution in [-0.4, -0.2) is 60.1 Å². The van der Waals surface area contributed by atoms with Crippen LogP contribution in [0.15, 0.2) is 4.99 Å². The smallest absolute Gasteiger partial charge is 0.325 e. The Hall–Kier alpha value is -0.910. The van der Waals surface area contributed by atoms with Crippen LogP contribution in [0.1, 0.15) is 34.6 Å². The number of aliphatic imine (C=N–C) groups is 1. The third-order valence-electron chi connectivity index (χ3n) is 3.16. The fourth-order valence-electron chi connectivity index (χ4n) is 2.13. The van der Waals surface area contributed by atoms with Crippen molar-refractivity contribution in [1.82, 2.24) is 10.2 Å². The molecule has 0 aliphatic carbocycles. The Morgan fingerprint density at radius 3 is 2.67 bits per heavy atom. The lowest BCUT2D eigenvalue weighted by molar-refractivity contribution is -0.153. The van der Waals surface area contributed by atoms with Gasteiger partial charge in [-0.15, -0.1) is 0 Å². The van der Waals surface area contributed by atoms with Gasteiger partial charge in [0.05, 0.1) is 0 Å². The van der Waals surface area contributed by atoms with Crippen LogP contribution >= 0.6 is 11.8 Å². The minimum atomic E-state index is -0.452. The molecule has 0 saturated carbocycles. The third-order valence-corrected chi connectivity index (χ3v) is 4.70. The van der Waals surface area contributed by atoms with Crippen LogP contribution in [0.5, 0.6) is 0 Å². The monoisotopic (exact) mass is 315 g/mol. The largest absolute Gasteiger partial charge is 0.459 e. The quantitative estimate of drug-likeness (QED) is 0.490. The Balaban J connectivity index is 2.50. The van der Waals surface area contributed by atoms with E-state index in [1.54, 1.807) is 7.05 Å². The zero-order chi connectivity index (χ0) is 16.0. The molecule has 21 heavy (non-hydrogen) atoms. The summed E-state index contributed by atoms with van der Waals surface area (Å²) in [5, 5.41) is 3.72. The summed E-state index contributed by atoms with van der Waals surface area (Å²) in [5.41, 5.74) is -0.452. The molecule has 1 N–H and O–H groups in total. The van der Waals surface area contributed by atoms with Crippen LogP contribution < -0.4 is 5.32 Å². The predicted molar refractivity (Wildman–Crippen MR) is 89.9 cm³/mol. The SMILES string of the molecule is CN=C(NCC(=O)OC(C)(C)C)N1CCSC(C(C)C)C1. The molecule has 0 aromatic heterocycles. The minimum Gasteiger partial charge on any atom is -0.459 e. The zero-order valence-corrected chi connectivity index (χ0v) is 14.9. The number of nitrogens with one attached hydrogen (secondary N) is 1. The van der Waals surface area contributed by atoms with E-state index >= 15 is 0 Å². The van der Waals surface area contributed by atoms with Crippen molar-refractivity contribution in [3.8, 4) is 0 Å². The highest BCUT2D eigenvalue weighted by Crippen LogP contribution is 2.24. The minimum absolute atomic E-state index is 0.153. The lowest BCUT2D eigenvalue weighted by atomic mass is 10.1. The van der Waals surface area contributed by atoms with Gasteiger partial charge in [-0.2, -0.15) is 11.8 Å². The fourth-order valence-corrected chi connectivity index (χ4v) is 3.43. The van der Waals surface area contributed by atoms with Gasteiger partial charge >= 0.3 is 5.97 Å². The molecular weight excluding hydrogens is 286 g/mol. The molecule has 1 atom stereocenters. The highest BCUT2D eigenvalue weighted by atomic mass is 32.2. The molecule has 0 bridgehead atoms. The standard InChI is InChI=1S/C15H29N3O2S/c1-11(2)12-10-18(7-8-21-12)14(16-6)17-9-13(19)20-15(3,4)5/h11-12H,7-10H2,1-6H3,(H,16,17). The molecule has 122 valence electrons. The van der Waals surface area contributed by atoms with Crippen LogP contribution in [0.3, 0.4) is 0 Å². The van der Waals surface area contributed by atoms with Crippen molar-refractivity contribution in [2.45, 2.75) is 45.5 Å². The maximum Gasteiger partial charge on any atom is 0.325 e. The molecule has 1 unspecified atom stereocenters. The van der Waals surface area contributed by atoms with Gasteiger partial charge in [0, 0.05) is 31.1 Å². The molecule has 5 nitrogen and oxygen atoms in total. The molecule has 0 radical (unpaired) electrons. The van der Waals surface area contributed by atoms with Gasteiger partial charge in [0.2, 0.25) is 0 Å². The summed E-state index contributed by atoms with van der Waals surface area (Å²) in [5.74, 6) is 2.26. The van der Waals surface area contributed by atoms with Gasteiger partial charge in [-0.3, -0.25) is 9.79 Å². The summed E-state index contributed by atoms with van der Waals surface area (Å²) >= 11 is 2.02.